The first-order valence-electron chi connectivity index (χ1n) is 11.7. The van der Waals surface area contributed by atoms with Crippen LogP contribution in [0.5, 0.6) is 0 Å². The highest BCUT2D eigenvalue weighted by molar-refractivity contribution is 6.22. The van der Waals surface area contributed by atoms with Gasteiger partial charge >= 0.3 is 0 Å². The fourth-order valence-corrected chi connectivity index (χ4v) is 5.48. The van der Waals surface area contributed by atoms with Gasteiger partial charge < -0.3 is 4.42 Å². The first kappa shape index (κ1) is 19.1. The first-order chi connectivity index (χ1) is 16.8. The van der Waals surface area contributed by atoms with Crippen molar-refractivity contribution in [3.05, 3.63) is 121 Å². The van der Waals surface area contributed by atoms with Crippen molar-refractivity contribution in [1.82, 2.24) is 0 Å². The number of hydrogen-bond acceptors (Lipinski definition) is 1. The number of rotatable bonds is 2. The number of benzene rings is 6. The van der Waals surface area contributed by atoms with Gasteiger partial charge in [-0.3, -0.25) is 0 Å². The van der Waals surface area contributed by atoms with Crippen molar-refractivity contribution >= 4 is 43.5 Å². The summed E-state index contributed by atoms with van der Waals surface area (Å²) in [7, 11) is 0. The topological polar surface area (TPSA) is 13.1 Å². The summed E-state index contributed by atoms with van der Waals surface area (Å²) >= 11 is 0. The molecular weight excluding hydrogens is 412 g/mol. The standard InChI is InChI=1S/C33H22O/c1-21-24-12-5-6-13-26(24)32(29-20-23(18-19-25(21)29)22-10-3-2-4-11-22)28-15-9-17-31-33(28)27-14-7-8-16-30(27)34-31/h2-20H,1H3. The summed E-state index contributed by atoms with van der Waals surface area (Å²) < 4.78 is 6.26. The van der Waals surface area contributed by atoms with Crippen LogP contribution >= 0.6 is 0 Å². The number of furan rings is 1. The van der Waals surface area contributed by atoms with Gasteiger partial charge in [0.05, 0.1) is 0 Å². The molecule has 7 rings (SSSR count). The summed E-state index contributed by atoms with van der Waals surface area (Å²) in [5, 5.41) is 7.47. The molecule has 6 aromatic carbocycles. The van der Waals surface area contributed by atoms with Crippen molar-refractivity contribution in [1.29, 1.82) is 0 Å². The number of hydrogen-bond donors (Lipinski definition) is 0. The Bertz CT molecular complexity index is 1860. The van der Waals surface area contributed by atoms with Crippen LogP contribution in [0.2, 0.25) is 0 Å². The maximum atomic E-state index is 6.26. The summed E-state index contributed by atoms with van der Waals surface area (Å²) in [6, 6.07) is 41.1. The molecule has 0 amide bonds. The molecule has 0 aliphatic rings. The molecule has 0 aliphatic heterocycles. The lowest BCUT2D eigenvalue weighted by atomic mass is 9.86. The van der Waals surface area contributed by atoms with E-state index < -0.39 is 0 Å². The van der Waals surface area contributed by atoms with Gasteiger partial charge in [-0.1, -0.05) is 97.1 Å². The molecule has 1 aromatic heterocycles. The van der Waals surface area contributed by atoms with Gasteiger partial charge in [0.25, 0.3) is 0 Å². The number of para-hydroxylation sites is 1. The molecule has 1 nitrogen and oxygen atoms in total. The second-order valence-electron chi connectivity index (χ2n) is 8.95. The van der Waals surface area contributed by atoms with Crippen LogP contribution in [0, 0.1) is 6.92 Å². The van der Waals surface area contributed by atoms with Crippen LogP contribution in [-0.4, -0.2) is 0 Å². The molecule has 34 heavy (non-hydrogen) atoms. The summed E-state index contributed by atoms with van der Waals surface area (Å²) in [4.78, 5) is 0. The first-order valence-corrected chi connectivity index (χ1v) is 11.7. The van der Waals surface area contributed by atoms with Gasteiger partial charge in [0.15, 0.2) is 0 Å². The quantitative estimate of drug-likeness (QED) is 0.247. The van der Waals surface area contributed by atoms with Crippen LogP contribution < -0.4 is 0 Å². The molecule has 0 saturated heterocycles. The molecular formula is C33H22O. The van der Waals surface area contributed by atoms with E-state index in [1.54, 1.807) is 0 Å². The Morgan fingerprint density at radius 1 is 0.471 bits per heavy atom. The Kier molecular flexibility index (Phi) is 4.13. The predicted molar refractivity (Wildman–Crippen MR) is 144 cm³/mol. The fourth-order valence-electron chi connectivity index (χ4n) is 5.48. The molecule has 0 atom stereocenters. The molecule has 0 radical (unpaired) electrons. The Morgan fingerprint density at radius 3 is 2.00 bits per heavy atom. The molecule has 0 bridgehead atoms. The van der Waals surface area contributed by atoms with Crippen LogP contribution in [0.1, 0.15) is 5.56 Å². The molecule has 1 heteroatoms. The molecule has 0 saturated carbocycles. The SMILES string of the molecule is Cc1c2ccccc2c(-c2cccc3oc4ccccc4c23)c2cc(-c3ccccc3)ccc12. The van der Waals surface area contributed by atoms with Gasteiger partial charge in [0, 0.05) is 10.8 Å². The minimum Gasteiger partial charge on any atom is -0.456 e. The summed E-state index contributed by atoms with van der Waals surface area (Å²) in [5.74, 6) is 0. The maximum Gasteiger partial charge on any atom is 0.136 e. The largest absolute Gasteiger partial charge is 0.456 e. The van der Waals surface area contributed by atoms with Gasteiger partial charge in [-0.05, 0) is 74.5 Å². The van der Waals surface area contributed by atoms with Gasteiger partial charge in [0.1, 0.15) is 11.2 Å². The zero-order valence-corrected chi connectivity index (χ0v) is 18.9. The van der Waals surface area contributed by atoms with Crippen molar-refractivity contribution < 1.29 is 4.42 Å². The molecule has 7 aromatic rings. The summed E-state index contributed by atoms with van der Waals surface area (Å²) in [6.45, 7) is 2.24. The predicted octanol–water partition coefficient (Wildman–Crippen LogP) is 9.53. The third kappa shape index (κ3) is 2.74. The van der Waals surface area contributed by atoms with E-state index in [9.17, 15) is 0 Å². The van der Waals surface area contributed by atoms with E-state index in [1.165, 1.54) is 54.7 Å². The lowest BCUT2D eigenvalue weighted by Crippen LogP contribution is -1.91. The Labute approximate surface area is 197 Å². The van der Waals surface area contributed by atoms with E-state index >= 15 is 0 Å². The van der Waals surface area contributed by atoms with Crippen molar-refractivity contribution in [2.75, 3.05) is 0 Å². The fraction of sp³-hybridized carbons (Fsp3) is 0.0303. The summed E-state index contributed by atoms with van der Waals surface area (Å²) in [5.41, 5.74) is 8.12. The minimum atomic E-state index is 0.927. The lowest BCUT2D eigenvalue weighted by molar-refractivity contribution is 0.669. The highest BCUT2D eigenvalue weighted by Crippen LogP contribution is 2.44. The van der Waals surface area contributed by atoms with Crippen LogP contribution in [0.25, 0.3) is 65.7 Å². The second kappa shape index (κ2) is 7.33. The number of aryl methyl sites for hydroxylation is 1. The van der Waals surface area contributed by atoms with Gasteiger partial charge in [-0.25, -0.2) is 0 Å². The zero-order valence-electron chi connectivity index (χ0n) is 18.9. The van der Waals surface area contributed by atoms with Crippen LogP contribution in [0.3, 0.4) is 0 Å². The molecule has 1 heterocycles. The Morgan fingerprint density at radius 2 is 1.15 bits per heavy atom. The van der Waals surface area contributed by atoms with Crippen molar-refractivity contribution in [3.63, 3.8) is 0 Å². The van der Waals surface area contributed by atoms with Crippen LogP contribution in [-0.2, 0) is 0 Å². The van der Waals surface area contributed by atoms with E-state index in [-0.39, 0.29) is 0 Å². The number of fused-ring (bicyclic) bond motifs is 5. The second-order valence-corrected chi connectivity index (χ2v) is 8.95. The Hall–Kier alpha value is -4.36. The average Bonchev–Trinajstić information content (AvgIpc) is 3.28. The molecule has 0 aliphatic carbocycles. The highest BCUT2D eigenvalue weighted by Gasteiger charge is 2.18. The molecule has 0 fully saturated rings. The lowest BCUT2D eigenvalue weighted by Gasteiger charge is -2.17. The minimum absolute atomic E-state index is 0.927. The molecule has 0 unspecified atom stereocenters. The average molecular weight is 435 g/mol. The van der Waals surface area contributed by atoms with Crippen molar-refractivity contribution in [3.8, 4) is 22.3 Å². The van der Waals surface area contributed by atoms with Crippen molar-refractivity contribution in [2.24, 2.45) is 0 Å². The molecule has 0 N–H and O–H groups in total. The van der Waals surface area contributed by atoms with Crippen molar-refractivity contribution in [2.45, 2.75) is 6.92 Å². The van der Waals surface area contributed by atoms with E-state index in [0.717, 1.165) is 16.6 Å². The van der Waals surface area contributed by atoms with Gasteiger partial charge in [-0.2, -0.15) is 0 Å². The van der Waals surface area contributed by atoms with Crippen LogP contribution in [0.15, 0.2) is 120 Å². The van der Waals surface area contributed by atoms with Crippen LogP contribution in [0.4, 0.5) is 0 Å². The third-order valence-electron chi connectivity index (χ3n) is 7.07. The molecule has 0 spiro atoms. The van der Waals surface area contributed by atoms with Gasteiger partial charge in [-0.15, -0.1) is 0 Å². The van der Waals surface area contributed by atoms with E-state index in [0.29, 0.717) is 0 Å². The van der Waals surface area contributed by atoms with E-state index in [1.807, 2.05) is 6.07 Å². The van der Waals surface area contributed by atoms with E-state index in [4.69, 9.17) is 4.42 Å². The normalized spacial score (nSPS) is 11.7. The smallest absolute Gasteiger partial charge is 0.136 e. The maximum absolute atomic E-state index is 6.26. The van der Waals surface area contributed by atoms with E-state index in [2.05, 4.69) is 116 Å². The monoisotopic (exact) mass is 434 g/mol. The third-order valence-corrected chi connectivity index (χ3v) is 7.07. The van der Waals surface area contributed by atoms with Gasteiger partial charge in [0.2, 0.25) is 0 Å². The molecule has 160 valence electrons. The zero-order chi connectivity index (χ0) is 22.6. The highest BCUT2D eigenvalue weighted by atomic mass is 16.3. The Balaban J connectivity index is 1.68. The summed E-state index contributed by atoms with van der Waals surface area (Å²) in [6.07, 6.45) is 0.